The van der Waals surface area contributed by atoms with Crippen LogP contribution in [0.2, 0.25) is 0 Å². The second kappa shape index (κ2) is 5.99. The summed E-state index contributed by atoms with van der Waals surface area (Å²) in [6.07, 6.45) is 9.80. The predicted molar refractivity (Wildman–Crippen MR) is 71.0 cm³/mol. The summed E-state index contributed by atoms with van der Waals surface area (Å²) in [7, 11) is 0. The molecule has 0 aliphatic carbocycles. The highest BCUT2D eigenvalue weighted by Crippen LogP contribution is 2.25. The molecule has 0 radical (unpaired) electrons. The number of hydrogen-bond acceptors (Lipinski definition) is 3. The number of anilines is 1. The predicted octanol–water partition coefficient (Wildman–Crippen LogP) is 2.77. The molecule has 1 fully saturated rings. The van der Waals surface area contributed by atoms with E-state index in [9.17, 15) is 0 Å². The van der Waals surface area contributed by atoms with E-state index < -0.39 is 0 Å². The lowest BCUT2D eigenvalue weighted by Crippen LogP contribution is -2.21. The van der Waals surface area contributed by atoms with Crippen LogP contribution in [-0.4, -0.2) is 27.1 Å². The van der Waals surface area contributed by atoms with E-state index in [0.29, 0.717) is 0 Å². The molecule has 4 heteroatoms. The van der Waals surface area contributed by atoms with Gasteiger partial charge in [-0.15, -0.1) is 6.58 Å². The van der Waals surface area contributed by atoms with Crippen molar-refractivity contribution in [2.75, 3.05) is 17.6 Å². The van der Waals surface area contributed by atoms with Crippen LogP contribution in [0.15, 0.2) is 25.0 Å². The Kier molecular flexibility index (Phi) is 4.34. The van der Waals surface area contributed by atoms with Crippen molar-refractivity contribution in [1.82, 2.24) is 9.55 Å². The first-order valence-electron chi connectivity index (χ1n) is 5.87. The zero-order valence-electron chi connectivity index (χ0n) is 9.56. The maximum atomic E-state index is 4.31. The summed E-state index contributed by atoms with van der Waals surface area (Å²) in [4.78, 5) is 4.31. The Labute approximate surface area is 101 Å². The lowest BCUT2D eigenvalue weighted by Gasteiger charge is -2.21. The van der Waals surface area contributed by atoms with Gasteiger partial charge in [-0.25, -0.2) is 4.98 Å². The fraction of sp³-hybridized carbons (Fsp3) is 0.583. The molecule has 1 aromatic rings. The van der Waals surface area contributed by atoms with E-state index >= 15 is 0 Å². The van der Waals surface area contributed by atoms with Gasteiger partial charge < -0.3 is 9.88 Å². The summed E-state index contributed by atoms with van der Waals surface area (Å²) in [6.45, 7) is 5.59. The van der Waals surface area contributed by atoms with Gasteiger partial charge in [0.2, 0.25) is 5.95 Å². The smallest absolute Gasteiger partial charge is 0.203 e. The molecule has 1 aliphatic rings. The van der Waals surface area contributed by atoms with Gasteiger partial charge in [0.25, 0.3) is 0 Å². The van der Waals surface area contributed by atoms with Gasteiger partial charge in [0.15, 0.2) is 0 Å². The Morgan fingerprint density at radius 1 is 1.62 bits per heavy atom. The lowest BCUT2D eigenvalue weighted by molar-refractivity contribution is 0.673. The maximum Gasteiger partial charge on any atom is 0.203 e. The second-order valence-electron chi connectivity index (χ2n) is 4.06. The monoisotopic (exact) mass is 237 g/mol. The number of nitrogens with zero attached hydrogens (tertiary/aromatic N) is 2. The summed E-state index contributed by atoms with van der Waals surface area (Å²) in [5.74, 6) is 2.28. The van der Waals surface area contributed by atoms with Crippen molar-refractivity contribution in [1.29, 1.82) is 0 Å². The molecule has 1 unspecified atom stereocenters. The molecule has 2 heterocycles. The van der Waals surface area contributed by atoms with E-state index in [1.165, 1.54) is 25.0 Å². The van der Waals surface area contributed by atoms with Crippen LogP contribution in [0.4, 0.5) is 5.95 Å². The molecule has 1 saturated heterocycles. The molecule has 0 aromatic carbocycles. The molecule has 1 N–H and O–H groups in total. The fourth-order valence-corrected chi connectivity index (χ4v) is 3.17. The quantitative estimate of drug-likeness (QED) is 0.799. The van der Waals surface area contributed by atoms with Gasteiger partial charge in [0.1, 0.15) is 0 Å². The normalized spacial score (nSPS) is 20.6. The van der Waals surface area contributed by atoms with Crippen LogP contribution < -0.4 is 5.32 Å². The summed E-state index contributed by atoms with van der Waals surface area (Å²) in [6, 6.07) is 0. The van der Waals surface area contributed by atoms with E-state index in [-0.39, 0.29) is 0 Å². The average molecular weight is 237 g/mol. The van der Waals surface area contributed by atoms with Crippen molar-refractivity contribution in [2.45, 2.75) is 31.1 Å². The summed E-state index contributed by atoms with van der Waals surface area (Å²) >= 11 is 2.08. The lowest BCUT2D eigenvalue weighted by atomic mass is 10.2. The van der Waals surface area contributed by atoms with Crippen molar-refractivity contribution in [3.8, 4) is 0 Å². The Morgan fingerprint density at radius 2 is 2.56 bits per heavy atom. The Balaban J connectivity index is 1.83. The second-order valence-corrected chi connectivity index (χ2v) is 5.47. The third kappa shape index (κ3) is 3.04. The Hall–Kier alpha value is -0.900. The number of aromatic nitrogens is 2. The van der Waals surface area contributed by atoms with Gasteiger partial charge in [-0.05, 0) is 18.6 Å². The van der Waals surface area contributed by atoms with Gasteiger partial charge in [0.05, 0.1) is 0 Å². The highest BCUT2D eigenvalue weighted by molar-refractivity contribution is 7.99. The minimum atomic E-state index is 0.752. The largest absolute Gasteiger partial charge is 0.355 e. The van der Waals surface area contributed by atoms with Gasteiger partial charge in [-0.3, -0.25) is 0 Å². The SMILES string of the molecule is C=CCn1ccnc1NCC1CCCCS1. The molecule has 0 amide bonds. The molecule has 88 valence electrons. The van der Waals surface area contributed by atoms with Crippen molar-refractivity contribution in [3.63, 3.8) is 0 Å². The zero-order valence-corrected chi connectivity index (χ0v) is 10.4. The highest BCUT2D eigenvalue weighted by atomic mass is 32.2. The minimum absolute atomic E-state index is 0.752. The van der Waals surface area contributed by atoms with Crippen LogP contribution in [0.3, 0.4) is 0 Å². The third-order valence-electron chi connectivity index (χ3n) is 2.80. The van der Waals surface area contributed by atoms with Gasteiger partial charge in [0, 0.05) is 30.7 Å². The molecule has 1 aromatic heterocycles. The molecule has 1 atom stereocenters. The summed E-state index contributed by atoms with van der Waals surface area (Å²) < 4.78 is 2.08. The van der Waals surface area contributed by atoms with Gasteiger partial charge in [-0.2, -0.15) is 11.8 Å². The Bertz CT molecular complexity index is 329. The van der Waals surface area contributed by atoms with E-state index in [2.05, 4.69) is 33.2 Å². The molecule has 0 saturated carbocycles. The molecule has 2 rings (SSSR count). The van der Waals surface area contributed by atoms with Crippen molar-refractivity contribution >= 4 is 17.7 Å². The zero-order chi connectivity index (χ0) is 11.2. The van der Waals surface area contributed by atoms with Crippen molar-refractivity contribution < 1.29 is 0 Å². The van der Waals surface area contributed by atoms with E-state index in [1.54, 1.807) is 0 Å². The topological polar surface area (TPSA) is 29.9 Å². The molecule has 16 heavy (non-hydrogen) atoms. The summed E-state index contributed by atoms with van der Waals surface area (Å²) in [5.41, 5.74) is 0. The first-order chi connectivity index (χ1) is 7.90. The number of imidazole rings is 1. The van der Waals surface area contributed by atoms with Gasteiger partial charge >= 0.3 is 0 Å². The van der Waals surface area contributed by atoms with Crippen molar-refractivity contribution in [3.05, 3.63) is 25.0 Å². The van der Waals surface area contributed by atoms with Crippen LogP contribution in [0.25, 0.3) is 0 Å². The first kappa shape index (κ1) is 11.6. The van der Waals surface area contributed by atoms with E-state index in [4.69, 9.17) is 0 Å². The number of thioether (sulfide) groups is 1. The van der Waals surface area contributed by atoms with Crippen LogP contribution in [0, 0.1) is 0 Å². The molecular formula is C12H19N3S. The number of allylic oxidation sites excluding steroid dienone is 1. The van der Waals surface area contributed by atoms with Crippen molar-refractivity contribution in [2.24, 2.45) is 0 Å². The van der Waals surface area contributed by atoms with Crippen LogP contribution >= 0.6 is 11.8 Å². The average Bonchev–Trinajstić information content (AvgIpc) is 2.76. The summed E-state index contributed by atoms with van der Waals surface area (Å²) in [5, 5.41) is 4.18. The Morgan fingerprint density at radius 3 is 3.31 bits per heavy atom. The number of nitrogens with one attached hydrogen (secondary N) is 1. The highest BCUT2D eigenvalue weighted by Gasteiger charge is 2.14. The van der Waals surface area contributed by atoms with Crippen LogP contribution in [-0.2, 0) is 6.54 Å². The molecular weight excluding hydrogens is 218 g/mol. The first-order valence-corrected chi connectivity index (χ1v) is 6.92. The molecule has 0 bridgehead atoms. The maximum absolute atomic E-state index is 4.31. The van der Waals surface area contributed by atoms with Gasteiger partial charge in [-0.1, -0.05) is 12.5 Å². The standard InChI is InChI=1S/C12H19N3S/c1-2-7-15-8-6-13-12(15)14-10-11-5-3-4-9-16-11/h2,6,8,11H,1,3-5,7,9-10H2,(H,13,14). The van der Waals surface area contributed by atoms with Crippen LogP contribution in [0.1, 0.15) is 19.3 Å². The van der Waals surface area contributed by atoms with E-state index in [1.807, 2.05) is 18.5 Å². The van der Waals surface area contributed by atoms with Crippen LogP contribution in [0.5, 0.6) is 0 Å². The minimum Gasteiger partial charge on any atom is -0.355 e. The third-order valence-corrected chi connectivity index (χ3v) is 4.20. The molecule has 1 aliphatic heterocycles. The molecule has 3 nitrogen and oxygen atoms in total. The fourth-order valence-electron chi connectivity index (χ4n) is 1.94. The number of rotatable bonds is 5. The van der Waals surface area contributed by atoms with E-state index in [0.717, 1.165) is 24.3 Å². The number of hydrogen-bond donors (Lipinski definition) is 1. The molecule has 0 spiro atoms.